The standard InChI is InChI=1S/C23H30N6O6S/c1-34-20-7-3-2-5-18(20)16-8-10-17(11-9-16)36(32,33)28-19-6-4-13-29(22(19)31)15-21(30)26-12-14-35-27-23(24)25/h2-3,5,7-11,19,28H,4,6,12-15H2,1H3,(H,26,30)(H4,24,25,27)/t19-/m0/s1. The predicted octanol–water partition coefficient (Wildman–Crippen LogP) is -0.0473. The molecule has 0 unspecified atom stereocenters. The second kappa shape index (κ2) is 12.2. The lowest BCUT2D eigenvalue weighted by atomic mass is 10.1. The number of sulfonamides is 1. The molecule has 2 amide bonds. The first-order valence-corrected chi connectivity index (χ1v) is 12.7. The van der Waals surface area contributed by atoms with Gasteiger partial charge in [0.15, 0.2) is 0 Å². The minimum atomic E-state index is -3.97. The van der Waals surface area contributed by atoms with Crippen LogP contribution in [0.5, 0.6) is 5.75 Å². The van der Waals surface area contributed by atoms with E-state index in [1.165, 1.54) is 17.0 Å². The maximum atomic E-state index is 13.0. The Morgan fingerprint density at radius 3 is 2.58 bits per heavy atom. The second-order valence-corrected chi connectivity index (χ2v) is 9.71. The van der Waals surface area contributed by atoms with Crippen molar-refractivity contribution in [2.75, 3.05) is 33.4 Å². The lowest BCUT2D eigenvalue weighted by Gasteiger charge is -2.32. The van der Waals surface area contributed by atoms with Gasteiger partial charge in [0, 0.05) is 12.1 Å². The van der Waals surface area contributed by atoms with E-state index in [1.54, 1.807) is 19.2 Å². The molecule has 13 heteroatoms. The number of likely N-dealkylation sites (tertiary alicyclic amines) is 1. The van der Waals surface area contributed by atoms with Gasteiger partial charge in [-0.3, -0.25) is 9.59 Å². The molecule has 0 saturated carbocycles. The average Bonchev–Trinajstić information content (AvgIpc) is 2.86. The fourth-order valence-corrected chi connectivity index (χ4v) is 4.97. The van der Waals surface area contributed by atoms with Gasteiger partial charge in [-0.1, -0.05) is 30.3 Å². The van der Waals surface area contributed by atoms with Crippen LogP contribution in [0.3, 0.4) is 0 Å². The quantitative estimate of drug-likeness (QED) is 0.138. The number of methoxy groups -OCH3 is 1. The first-order chi connectivity index (χ1) is 17.2. The van der Waals surface area contributed by atoms with E-state index in [0.717, 1.165) is 11.1 Å². The van der Waals surface area contributed by atoms with Crippen LogP contribution in [0.4, 0.5) is 0 Å². The summed E-state index contributed by atoms with van der Waals surface area (Å²) in [6, 6.07) is 12.8. The van der Waals surface area contributed by atoms with E-state index < -0.39 is 27.9 Å². The molecule has 0 spiro atoms. The van der Waals surface area contributed by atoms with Crippen LogP contribution in [0.15, 0.2) is 58.6 Å². The lowest BCUT2D eigenvalue weighted by Crippen LogP contribution is -2.54. The fraction of sp³-hybridized carbons (Fsp3) is 0.348. The molecule has 0 aromatic heterocycles. The molecule has 1 aliphatic rings. The van der Waals surface area contributed by atoms with Crippen LogP contribution in [-0.4, -0.2) is 70.5 Å². The third kappa shape index (κ3) is 7.09. The number of benzene rings is 2. The molecular weight excluding hydrogens is 488 g/mol. The first kappa shape index (κ1) is 26.8. The van der Waals surface area contributed by atoms with Crippen molar-refractivity contribution in [2.24, 2.45) is 16.6 Å². The summed E-state index contributed by atoms with van der Waals surface area (Å²) in [4.78, 5) is 31.2. The van der Waals surface area contributed by atoms with Crippen LogP contribution < -0.4 is 26.2 Å². The molecule has 1 heterocycles. The molecule has 1 saturated heterocycles. The molecule has 36 heavy (non-hydrogen) atoms. The maximum Gasteiger partial charge on any atom is 0.241 e. The van der Waals surface area contributed by atoms with Crippen molar-refractivity contribution in [3.8, 4) is 16.9 Å². The number of nitrogens with one attached hydrogen (secondary N) is 2. The van der Waals surface area contributed by atoms with Gasteiger partial charge in [0.1, 0.15) is 18.4 Å². The smallest absolute Gasteiger partial charge is 0.241 e. The summed E-state index contributed by atoms with van der Waals surface area (Å²) in [6.07, 6.45) is 0.883. The number of oxime groups is 1. The normalized spacial score (nSPS) is 15.8. The highest BCUT2D eigenvalue weighted by Crippen LogP contribution is 2.30. The molecule has 6 N–H and O–H groups in total. The first-order valence-electron chi connectivity index (χ1n) is 11.2. The molecule has 12 nitrogen and oxygen atoms in total. The number of nitrogens with two attached hydrogens (primary N) is 2. The Morgan fingerprint density at radius 1 is 1.17 bits per heavy atom. The van der Waals surface area contributed by atoms with Gasteiger partial charge in [-0.25, -0.2) is 8.42 Å². The van der Waals surface area contributed by atoms with E-state index in [2.05, 4.69) is 15.2 Å². The molecule has 1 aliphatic heterocycles. The number of piperidine rings is 1. The Morgan fingerprint density at radius 2 is 1.89 bits per heavy atom. The SMILES string of the molecule is COc1ccccc1-c1ccc(S(=O)(=O)N[C@H]2CCCN(CC(=O)NCCON=C(N)N)C2=O)cc1. The van der Waals surface area contributed by atoms with Gasteiger partial charge in [0.05, 0.1) is 25.1 Å². The van der Waals surface area contributed by atoms with Crippen LogP contribution >= 0.6 is 0 Å². The van der Waals surface area contributed by atoms with Crippen molar-refractivity contribution in [3.63, 3.8) is 0 Å². The molecule has 1 atom stereocenters. The fourth-order valence-electron chi connectivity index (χ4n) is 3.74. The Bertz CT molecular complexity index is 1200. The van der Waals surface area contributed by atoms with Gasteiger partial charge in [-0.15, -0.1) is 0 Å². The van der Waals surface area contributed by atoms with E-state index in [1.807, 2.05) is 24.3 Å². The van der Waals surface area contributed by atoms with E-state index in [-0.39, 0.29) is 30.6 Å². The minimum absolute atomic E-state index is 0.0320. The number of nitrogens with zero attached hydrogens (tertiary/aromatic N) is 2. The second-order valence-electron chi connectivity index (χ2n) is 8.00. The van der Waals surface area contributed by atoms with Crippen molar-refractivity contribution in [2.45, 2.75) is 23.8 Å². The number of hydrogen-bond acceptors (Lipinski definition) is 7. The average molecular weight is 519 g/mol. The molecule has 2 aromatic carbocycles. The van der Waals surface area contributed by atoms with Gasteiger partial charge in [-0.2, -0.15) is 4.72 Å². The minimum Gasteiger partial charge on any atom is -0.496 e. The highest BCUT2D eigenvalue weighted by molar-refractivity contribution is 7.89. The molecule has 2 aromatic rings. The number of para-hydroxylation sites is 1. The van der Waals surface area contributed by atoms with Crippen LogP contribution in [-0.2, 0) is 24.4 Å². The van der Waals surface area contributed by atoms with E-state index in [0.29, 0.717) is 25.1 Å². The summed E-state index contributed by atoms with van der Waals surface area (Å²) < 4.78 is 33.8. The topological polar surface area (TPSA) is 178 Å². The lowest BCUT2D eigenvalue weighted by molar-refractivity contribution is -0.139. The van der Waals surface area contributed by atoms with E-state index in [4.69, 9.17) is 21.0 Å². The number of guanidine groups is 1. The molecule has 3 rings (SSSR count). The van der Waals surface area contributed by atoms with E-state index >= 15 is 0 Å². The summed E-state index contributed by atoms with van der Waals surface area (Å²) in [7, 11) is -2.40. The van der Waals surface area contributed by atoms with E-state index in [9.17, 15) is 18.0 Å². The van der Waals surface area contributed by atoms with Crippen LogP contribution in [0.2, 0.25) is 0 Å². The Kier molecular flexibility index (Phi) is 9.08. The summed E-state index contributed by atoms with van der Waals surface area (Å²) in [5.41, 5.74) is 11.9. The zero-order valence-electron chi connectivity index (χ0n) is 19.8. The van der Waals surface area contributed by atoms with Gasteiger partial charge in [-0.05, 0) is 41.8 Å². The maximum absolute atomic E-state index is 13.0. The Hall–Kier alpha value is -3.84. The summed E-state index contributed by atoms with van der Waals surface area (Å²) in [6.45, 7) is 0.337. The predicted molar refractivity (Wildman–Crippen MR) is 133 cm³/mol. The van der Waals surface area contributed by atoms with Gasteiger partial charge in [0.25, 0.3) is 0 Å². The van der Waals surface area contributed by atoms with Gasteiger partial charge < -0.3 is 31.3 Å². The number of hydrogen-bond donors (Lipinski definition) is 4. The molecule has 1 fully saturated rings. The highest BCUT2D eigenvalue weighted by atomic mass is 32.2. The third-order valence-electron chi connectivity index (χ3n) is 5.43. The van der Waals surface area contributed by atoms with Crippen molar-refractivity contribution in [3.05, 3.63) is 48.5 Å². The number of carbonyl (C=O) groups excluding carboxylic acids is 2. The number of carbonyl (C=O) groups is 2. The van der Waals surface area contributed by atoms with Crippen molar-refractivity contribution in [1.82, 2.24) is 14.9 Å². The van der Waals surface area contributed by atoms with Crippen LogP contribution in [0.25, 0.3) is 11.1 Å². The van der Waals surface area contributed by atoms with Gasteiger partial charge >= 0.3 is 0 Å². The largest absolute Gasteiger partial charge is 0.496 e. The number of amides is 2. The van der Waals surface area contributed by atoms with Crippen LogP contribution in [0.1, 0.15) is 12.8 Å². The highest BCUT2D eigenvalue weighted by Gasteiger charge is 2.33. The zero-order chi connectivity index (χ0) is 26.1. The van der Waals surface area contributed by atoms with Crippen LogP contribution in [0, 0.1) is 0 Å². The third-order valence-corrected chi connectivity index (χ3v) is 6.92. The van der Waals surface area contributed by atoms with Crippen molar-refractivity contribution >= 4 is 27.8 Å². The monoisotopic (exact) mass is 518 g/mol. The zero-order valence-corrected chi connectivity index (χ0v) is 20.7. The molecule has 194 valence electrons. The molecule has 0 radical (unpaired) electrons. The number of ether oxygens (including phenoxy) is 1. The van der Waals surface area contributed by atoms with Gasteiger partial charge in [0.2, 0.25) is 27.8 Å². The molecular formula is C23H30N6O6S. The molecule has 0 aliphatic carbocycles. The summed E-state index contributed by atoms with van der Waals surface area (Å²) in [5.74, 6) is -0.431. The summed E-state index contributed by atoms with van der Waals surface area (Å²) >= 11 is 0. The van der Waals surface area contributed by atoms with Crippen molar-refractivity contribution in [1.29, 1.82) is 0 Å². The number of rotatable bonds is 11. The summed E-state index contributed by atoms with van der Waals surface area (Å²) in [5, 5.41) is 5.92. The Balaban J connectivity index is 1.59. The molecule has 0 bridgehead atoms. The Labute approximate surface area is 209 Å². The van der Waals surface area contributed by atoms with Crippen molar-refractivity contribution < 1.29 is 27.6 Å².